The molecule has 1 aromatic heterocycles. The zero-order valence-corrected chi connectivity index (χ0v) is 14.9. The lowest BCUT2D eigenvalue weighted by Gasteiger charge is -2.40. The SMILES string of the molecule is CC[C@@H](C(=O)NCC1(CO)CCC1)n1cc(C(C)=O)c2ccccc21. The zero-order chi connectivity index (χ0) is 18.0. The summed E-state index contributed by atoms with van der Waals surface area (Å²) in [7, 11) is 0. The number of Topliss-reactive ketones (excluding diaryl/α,β-unsaturated/α-hetero) is 1. The van der Waals surface area contributed by atoms with Crippen LogP contribution in [0, 0.1) is 5.41 Å². The monoisotopic (exact) mass is 342 g/mol. The fraction of sp³-hybridized carbons (Fsp3) is 0.500. The number of fused-ring (bicyclic) bond motifs is 1. The smallest absolute Gasteiger partial charge is 0.243 e. The molecule has 0 spiro atoms. The first kappa shape index (κ1) is 17.7. The molecule has 1 amide bonds. The number of aliphatic hydroxyl groups is 1. The molecule has 2 N–H and O–H groups in total. The van der Waals surface area contributed by atoms with Crippen molar-refractivity contribution < 1.29 is 14.7 Å². The standard InChI is InChI=1S/C20H26N2O3/c1-3-17(19(25)21-12-20(13-23)9-6-10-20)22-11-16(14(2)24)15-7-4-5-8-18(15)22/h4-5,7-8,11,17,23H,3,6,9-10,12-13H2,1-2H3,(H,21,25)/t17-/m0/s1. The van der Waals surface area contributed by atoms with Crippen LogP contribution in [-0.2, 0) is 4.79 Å². The Hall–Kier alpha value is -2.14. The summed E-state index contributed by atoms with van der Waals surface area (Å²) in [5.74, 6) is -0.0583. The molecule has 0 radical (unpaired) electrons. The van der Waals surface area contributed by atoms with E-state index in [1.807, 2.05) is 35.8 Å². The lowest BCUT2D eigenvalue weighted by Crippen LogP contribution is -2.46. The second-order valence-electron chi connectivity index (χ2n) is 7.18. The van der Waals surface area contributed by atoms with E-state index in [1.165, 1.54) is 0 Å². The first-order chi connectivity index (χ1) is 12.0. The van der Waals surface area contributed by atoms with E-state index in [9.17, 15) is 14.7 Å². The van der Waals surface area contributed by atoms with Crippen LogP contribution in [0.15, 0.2) is 30.5 Å². The summed E-state index contributed by atoms with van der Waals surface area (Å²) in [6.45, 7) is 4.15. The summed E-state index contributed by atoms with van der Waals surface area (Å²) in [6.07, 6.45) is 5.46. The molecule has 5 nitrogen and oxygen atoms in total. The summed E-state index contributed by atoms with van der Waals surface area (Å²) < 4.78 is 1.91. The maximum Gasteiger partial charge on any atom is 0.243 e. The van der Waals surface area contributed by atoms with Crippen molar-refractivity contribution in [3.8, 4) is 0 Å². The van der Waals surface area contributed by atoms with Crippen molar-refractivity contribution in [2.45, 2.75) is 45.6 Å². The van der Waals surface area contributed by atoms with Gasteiger partial charge in [0, 0.05) is 34.6 Å². The second kappa shape index (κ2) is 7.00. The Balaban J connectivity index is 1.86. The topological polar surface area (TPSA) is 71.3 Å². The maximum absolute atomic E-state index is 12.8. The fourth-order valence-electron chi connectivity index (χ4n) is 3.71. The van der Waals surface area contributed by atoms with Crippen molar-refractivity contribution in [1.82, 2.24) is 9.88 Å². The molecule has 1 saturated carbocycles. The van der Waals surface area contributed by atoms with Crippen LogP contribution in [0.1, 0.15) is 55.9 Å². The predicted octanol–water partition coefficient (Wildman–Crippen LogP) is 3.07. The first-order valence-electron chi connectivity index (χ1n) is 9.00. The number of carbonyl (C=O) groups excluding carboxylic acids is 2. The van der Waals surface area contributed by atoms with Gasteiger partial charge in [0.15, 0.2) is 5.78 Å². The van der Waals surface area contributed by atoms with Crippen molar-refractivity contribution in [2.75, 3.05) is 13.2 Å². The first-order valence-corrected chi connectivity index (χ1v) is 9.00. The van der Waals surface area contributed by atoms with Crippen LogP contribution in [0.5, 0.6) is 0 Å². The largest absolute Gasteiger partial charge is 0.396 e. The van der Waals surface area contributed by atoms with Crippen molar-refractivity contribution in [1.29, 1.82) is 0 Å². The summed E-state index contributed by atoms with van der Waals surface area (Å²) in [4.78, 5) is 24.8. The Kier molecular flexibility index (Phi) is 4.95. The Morgan fingerprint density at radius 3 is 2.60 bits per heavy atom. The van der Waals surface area contributed by atoms with Crippen molar-refractivity contribution in [3.05, 3.63) is 36.0 Å². The highest BCUT2D eigenvalue weighted by atomic mass is 16.3. The molecule has 0 unspecified atom stereocenters. The molecular weight excluding hydrogens is 316 g/mol. The summed E-state index contributed by atoms with van der Waals surface area (Å²) in [5, 5.41) is 13.5. The number of carbonyl (C=O) groups is 2. The molecule has 5 heteroatoms. The minimum atomic E-state index is -0.367. The normalized spacial score (nSPS) is 17.1. The van der Waals surface area contributed by atoms with Crippen LogP contribution in [-0.4, -0.2) is 34.5 Å². The highest BCUT2D eigenvalue weighted by molar-refractivity contribution is 6.07. The molecule has 1 atom stereocenters. The number of ketones is 1. The van der Waals surface area contributed by atoms with Gasteiger partial charge in [-0.2, -0.15) is 0 Å². The Morgan fingerprint density at radius 1 is 1.32 bits per heavy atom. The van der Waals surface area contributed by atoms with E-state index in [1.54, 1.807) is 13.1 Å². The molecule has 0 aliphatic heterocycles. The molecule has 1 aliphatic carbocycles. The van der Waals surface area contributed by atoms with Gasteiger partial charge in [0.2, 0.25) is 5.91 Å². The fourth-order valence-corrected chi connectivity index (χ4v) is 3.71. The van der Waals surface area contributed by atoms with E-state index in [4.69, 9.17) is 0 Å². The van der Waals surface area contributed by atoms with Gasteiger partial charge >= 0.3 is 0 Å². The van der Waals surface area contributed by atoms with Gasteiger partial charge in [-0.3, -0.25) is 9.59 Å². The van der Waals surface area contributed by atoms with Gasteiger partial charge < -0.3 is 15.0 Å². The minimum Gasteiger partial charge on any atom is -0.396 e. The quantitative estimate of drug-likeness (QED) is 0.760. The molecule has 1 fully saturated rings. The average Bonchev–Trinajstić information content (AvgIpc) is 2.95. The third kappa shape index (κ3) is 3.21. The summed E-state index contributed by atoms with van der Waals surface area (Å²) in [6, 6.07) is 7.32. The van der Waals surface area contributed by atoms with Crippen molar-refractivity contribution in [2.24, 2.45) is 5.41 Å². The maximum atomic E-state index is 12.8. The molecule has 1 aliphatic rings. The van der Waals surface area contributed by atoms with Crippen LogP contribution in [0.2, 0.25) is 0 Å². The van der Waals surface area contributed by atoms with E-state index >= 15 is 0 Å². The number of nitrogens with one attached hydrogen (secondary N) is 1. The molecule has 1 aromatic carbocycles. The third-order valence-electron chi connectivity index (χ3n) is 5.53. The van der Waals surface area contributed by atoms with Crippen LogP contribution in [0.3, 0.4) is 0 Å². The number of benzene rings is 1. The number of aromatic nitrogens is 1. The molecule has 1 heterocycles. The zero-order valence-electron chi connectivity index (χ0n) is 14.9. The lowest BCUT2D eigenvalue weighted by molar-refractivity contribution is -0.125. The molecule has 0 bridgehead atoms. The van der Waals surface area contributed by atoms with E-state index < -0.39 is 0 Å². The van der Waals surface area contributed by atoms with Gasteiger partial charge in [-0.15, -0.1) is 0 Å². The van der Waals surface area contributed by atoms with Crippen LogP contribution < -0.4 is 5.32 Å². The van der Waals surface area contributed by atoms with Crippen molar-refractivity contribution >= 4 is 22.6 Å². The Labute approximate surface area is 148 Å². The number of aliphatic hydroxyl groups excluding tert-OH is 1. The van der Waals surface area contributed by atoms with Gasteiger partial charge in [0.1, 0.15) is 6.04 Å². The predicted molar refractivity (Wildman–Crippen MR) is 97.7 cm³/mol. The lowest BCUT2D eigenvalue weighted by atomic mass is 9.69. The summed E-state index contributed by atoms with van der Waals surface area (Å²) in [5.41, 5.74) is 1.40. The minimum absolute atomic E-state index is 0.00101. The summed E-state index contributed by atoms with van der Waals surface area (Å²) >= 11 is 0. The number of hydrogen-bond donors (Lipinski definition) is 2. The number of rotatable bonds is 7. The molecule has 134 valence electrons. The third-order valence-corrected chi connectivity index (χ3v) is 5.53. The average molecular weight is 342 g/mol. The molecule has 3 rings (SSSR count). The van der Waals surface area contributed by atoms with Crippen LogP contribution >= 0.6 is 0 Å². The van der Waals surface area contributed by atoms with Crippen molar-refractivity contribution in [3.63, 3.8) is 0 Å². The van der Waals surface area contributed by atoms with E-state index in [2.05, 4.69) is 5.32 Å². The highest BCUT2D eigenvalue weighted by Gasteiger charge is 2.37. The highest BCUT2D eigenvalue weighted by Crippen LogP contribution is 2.39. The number of para-hydroxylation sites is 1. The molecule has 2 aromatic rings. The number of hydrogen-bond acceptors (Lipinski definition) is 3. The molecular formula is C20H26N2O3. The number of nitrogens with zero attached hydrogens (tertiary/aromatic N) is 1. The molecule has 0 saturated heterocycles. The molecule has 25 heavy (non-hydrogen) atoms. The van der Waals surface area contributed by atoms with Gasteiger partial charge in [-0.05, 0) is 32.3 Å². The van der Waals surface area contributed by atoms with E-state index in [0.717, 1.165) is 30.2 Å². The Morgan fingerprint density at radius 2 is 2.04 bits per heavy atom. The Bertz CT molecular complexity index is 784. The second-order valence-corrected chi connectivity index (χ2v) is 7.18. The van der Waals surface area contributed by atoms with Crippen LogP contribution in [0.25, 0.3) is 10.9 Å². The van der Waals surface area contributed by atoms with Gasteiger partial charge in [0.25, 0.3) is 0 Å². The van der Waals surface area contributed by atoms with Gasteiger partial charge in [0.05, 0.1) is 6.61 Å². The van der Waals surface area contributed by atoms with E-state index in [-0.39, 0.29) is 29.8 Å². The van der Waals surface area contributed by atoms with Crippen LogP contribution in [0.4, 0.5) is 0 Å². The number of amides is 1. The van der Waals surface area contributed by atoms with E-state index in [0.29, 0.717) is 18.5 Å². The van der Waals surface area contributed by atoms with Gasteiger partial charge in [-0.1, -0.05) is 31.5 Å². The van der Waals surface area contributed by atoms with Gasteiger partial charge in [-0.25, -0.2) is 0 Å².